The van der Waals surface area contributed by atoms with Crippen molar-refractivity contribution in [2.45, 2.75) is 39.3 Å². The topological polar surface area (TPSA) is 41.6 Å². The Kier molecular flexibility index (Phi) is 6.29. The summed E-state index contributed by atoms with van der Waals surface area (Å²) in [5.41, 5.74) is 3.61. The fourth-order valence-corrected chi connectivity index (χ4v) is 3.37. The highest BCUT2D eigenvalue weighted by molar-refractivity contribution is 5.77. The monoisotopic (exact) mass is 352 g/mol. The minimum absolute atomic E-state index is 0.0348. The van der Waals surface area contributed by atoms with Crippen LogP contribution in [-0.2, 0) is 11.3 Å². The standard InChI is InChI=1S/C22H28N2O2/c1-17-7-6-10-21(18(17)2)26-16-22(25)23-20-11-13-24(14-12-20)15-19-8-4-3-5-9-19/h3-10,20H,11-16H2,1-2H3,(H,23,25). The maximum absolute atomic E-state index is 12.2. The molecule has 1 aliphatic heterocycles. The highest BCUT2D eigenvalue weighted by Crippen LogP contribution is 2.20. The van der Waals surface area contributed by atoms with E-state index >= 15 is 0 Å². The Morgan fingerprint density at radius 1 is 1.08 bits per heavy atom. The Labute approximate surface area is 156 Å². The lowest BCUT2D eigenvalue weighted by atomic mass is 10.0. The number of carbonyl (C=O) groups is 1. The molecule has 0 bridgehead atoms. The van der Waals surface area contributed by atoms with Crippen LogP contribution in [-0.4, -0.2) is 36.5 Å². The molecule has 1 fully saturated rings. The molecular formula is C22H28N2O2. The van der Waals surface area contributed by atoms with Crippen LogP contribution in [0.25, 0.3) is 0 Å². The number of nitrogens with one attached hydrogen (secondary N) is 1. The van der Waals surface area contributed by atoms with E-state index in [-0.39, 0.29) is 18.6 Å². The summed E-state index contributed by atoms with van der Waals surface area (Å²) in [5.74, 6) is 0.755. The predicted octanol–water partition coefficient (Wildman–Crippen LogP) is 3.46. The minimum atomic E-state index is -0.0348. The Hall–Kier alpha value is -2.33. The lowest BCUT2D eigenvalue weighted by Crippen LogP contribution is -2.45. The number of hydrogen-bond acceptors (Lipinski definition) is 3. The van der Waals surface area contributed by atoms with Crippen molar-refractivity contribution in [1.29, 1.82) is 0 Å². The van der Waals surface area contributed by atoms with Gasteiger partial charge in [-0.2, -0.15) is 0 Å². The van der Waals surface area contributed by atoms with Crippen LogP contribution in [0.4, 0.5) is 0 Å². The van der Waals surface area contributed by atoms with E-state index in [4.69, 9.17) is 4.74 Å². The normalized spacial score (nSPS) is 15.6. The minimum Gasteiger partial charge on any atom is -0.483 e. The zero-order valence-electron chi connectivity index (χ0n) is 15.7. The number of ether oxygens (including phenoxy) is 1. The highest BCUT2D eigenvalue weighted by Gasteiger charge is 2.21. The molecule has 3 rings (SSSR count). The quantitative estimate of drug-likeness (QED) is 0.866. The van der Waals surface area contributed by atoms with Crippen molar-refractivity contribution in [3.05, 3.63) is 65.2 Å². The molecule has 2 aromatic carbocycles. The van der Waals surface area contributed by atoms with Crippen LogP contribution < -0.4 is 10.1 Å². The van der Waals surface area contributed by atoms with Crippen molar-refractivity contribution in [2.24, 2.45) is 0 Å². The number of rotatable bonds is 6. The third kappa shape index (κ3) is 5.09. The predicted molar refractivity (Wildman–Crippen MR) is 104 cm³/mol. The Balaban J connectivity index is 1.40. The first-order valence-corrected chi connectivity index (χ1v) is 9.36. The summed E-state index contributed by atoms with van der Waals surface area (Å²) in [7, 11) is 0. The van der Waals surface area contributed by atoms with E-state index in [1.54, 1.807) is 0 Å². The van der Waals surface area contributed by atoms with E-state index in [0.29, 0.717) is 0 Å². The van der Waals surface area contributed by atoms with Crippen molar-refractivity contribution in [1.82, 2.24) is 10.2 Å². The molecule has 0 aliphatic carbocycles. The van der Waals surface area contributed by atoms with Crippen molar-refractivity contribution >= 4 is 5.91 Å². The van der Waals surface area contributed by atoms with Gasteiger partial charge in [0.05, 0.1) is 0 Å². The molecule has 0 saturated carbocycles. The molecule has 0 unspecified atom stereocenters. The maximum atomic E-state index is 12.2. The second kappa shape index (κ2) is 8.86. The fraction of sp³-hybridized carbons (Fsp3) is 0.409. The van der Waals surface area contributed by atoms with Gasteiger partial charge in [0, 0.05) is 25.7 Å². The fourth-order valence-electron chi connectivity index (χ4n) is 3.37. The molecule has 26 heavy (non-hydrogen) atoms. The molecule has 1 heterocycles. The third-order valence-corrected chi connectivity index (χ3v) is 5.12. The number of aryl methyl sites for hydroxylation is 1. The second-order valence-corrected chi connectivity index (χ2v) is 7.09. The summed E-state index contributed by atoms with van der Waals surface area (Å²) in [4.78, 5) is 14.7. The molecular weight excluding hydrogens is 324 g/mol. The van der Waals surface area contributed by atoms with Gasteiger partial charge in [0.1, 0.15) is 5.75 Å². The number of nitrogens with zero attached hydrogens (tertiary/aromatic N) is 1. The average molecular weight is 352 g/mol. The van der Waals surface area contributed by atoms with E-state index in [2.05, 4.69) is 34.5 Å². The van der Waals surface area contributed by atoms with E-state index in [1.165, 1.54) is 11.1 Å². The van der Waals surface area contributed by atoms with Gasteiger partial charge in [-0.3, -0.25) is 9.69 Å². The van der Waals surface area contributed by atoms with Crippen molar-refractivity contribution < 1.29 is 9.53 Å². The van der Waals surface area contributed by atoms with Crippen LogP contribution >= 0.6 is 0 Å². The van der Waals surface area contributed by atoms with Crippen LogP contribution in [0.15, 0.2) is 48.5 Å². The van der Waals surface area contributed by atoms with Gasteiger partial charge in [-0.15, -0.1) is 0 Å². The zero-order chi connectivity index (χ0) is 18.4. The summed E-state index contributed by atoms with van der Waals surface area (Å²) in [5, 5.41) is 3.12. The molecule has 4 nitrogen and oxygen atoms in total. The van der Waals surface area contributed by atoms with E-state index in [9.17, 15) is 4.79 Å². The van der Waals surface area contributed by atoms with Gasteiger partial charge in [-0.25, -0.2) is 0 Å². The lowest BCUT2D eigenvalue weighted by molar-refractivity contribution is -0.124. The van der Waals surface area contributed by atoms with Gasteiger partial charge in [0.25, 0.3) is 5.91 Å². The number of piperidine rings is 1. The van der Waals surface area contributed by atoms with Crippen LogP contribution in [0.2, 0.25) is 0 Å². The molecule has 0 atom stereocenters. The van der Waals surface area contributed by atoms with Gasteiger partial charge < -0.3 is 10.1 Å². The Morgan fingerprint density at radius 3 is 2.54 bits per heavy atom. The first kappa shape index (κ1) is 18.5. The van der Waals surface area contributed by atoms with Crippen molar-refractivity contribution in [3.63, 3.8) is 0 Å². The first-order valence-electron chi connectivity index (χ1n) is 9.36. The van der Waals surface area contributed by atoms with E-state index in [0.717, 1.165) is 43.8 Å². The van der Waals surface area contributed by atoms with E-state index < -0.39 is 0 Å². The summed E-state index contributed by atoms with van der Waals surface area (Å²) >= 11 is 0. The molecule has 2 aromatic rings. The van der Waals surface area contributed by atoms with Crippen molar-refractivity contribution in [3.8, 4) is 5.75 Å². The molecule has 0 spiro atoms. The maximum Gasteiger partial charge on any atom is 0.258 e. The van der Waals surface area contributed by atoms with E-state index in [1.807, 2.05) is 38.1 Å². The molecule has 0 aromatic heterocycles. The molecule has 0 radical (unpaired) electrons. The molecule has 1 N–H and O–H groups in total. The molecule has 1 amide bonds. The second-order valence-electron chi connectivity index (χ2n) is 7.09. The Bertz CT molecular complexity index is 722. The number of likely N-dealkylation sites (tertiary alicyclic amines) is 1. The summed E-state index contributed by atoms with van der Waals surface area (Å²) in [6.45, 7) is 7.15. The average Bonchev–Trinajstić information content (AvgIpc) is 2.65. The van der Waals surface area contributed by atoms with Crippen molar-refractivity contribution in [2.75, 3.05) is 19.7 Å². The zero-order valence-corrected chi connectivity index (χ0v) is 15.7. The molecule has 4 heteroatoms. The molecule has 1 aliphatic rings. The Morgan fingerprint density at radius 2 is 1.81 bits per heavy atom. The third-order valence-electron chi connectivity index (χ3n) is 5.12. The van der Waals surface area contributed by atoms with Gasteiger partial charge in [0.2, 0.25) is 0 Å². The summed E-state index contributed by atoms with van der Waals surface area (Å²) in [6.07, 6.45) is 1.98. The highest BCUT2D eigenvalue weighted by atomic mass is 16.5. The van der Waals surface area contributed by atoms with Crippen LogP contribution in [0.1, 0.15) is 29.5 Å². The SMILES string of the molecule is Cc1cccc(OCC(=O)NC2CCN(Cc3ccccc3)CC2)c1C. The smallest absolute Gasteiger partial charge is 0.258 e. The van der Waals surface area contributed by atoms with Crippen LogP contribution in [0, 0.1) is 13.8 Å². The largest absolute Gasteiger partial charge is 0.483 e. The number of amides is 1. The summed E-state index contributed by atoms with van der Waals surface area (Å²) in [6, 6.07) is 16.7. The van der Waals surface area contributed by atoms with Gasteiger partial charge in [0.15, 0.2) is 6.61 Å². The number of benzene rings is 2. The summed E-state index contributed by atoms with van der Waals surface area (Å²) < 4.78 is 5.70. The lowest BCUT2D eigenvalue weighted by Gasteiger charge is -2.32. The van der Waals surface area contributed by atoms with Crippen LogP contribution in [0.5, 0.6) is 5.75 Å². The molecule has 138 valence electrons. The number of hydrogen-bond donors (Lipinski definition) is 1. The number of carbonyl (C=O) groups excluding carboxylic acids is 1. The molecule has 1 saturated heterocycles. The van der Waals surface area contributed by atoms with Gasteiger partial charge >= 0.3 is 0 Å². The first-order chi connectivity index (χ1) is 12.6. The van der Waals surface area contributed by atoms with Crippen LogP contribution in [0.3, 0.4) is 0 Å². The van der Waals surface area contributed by atoms with Gasteiger partial charge in [-0.05, 0) is 49.4 Å². The van der Waals surface area contributed by atoms with Gasteiger partial charge in [-0.1, -0.05) is 42.5 Å².